The van der Waals surface area contributed by atoms with Crippen molar-refractivity contribution in [3.8, 4) is 0 Å². The molecule has 1 aromatic rings. The number of rotatable bonds is 4. The molecule has 2 nitrogen and oxygen atoms in total. The molecule has 0 amide bonds. The topological polar surface area (TPSA) is 21.3 Å². The van der Waals surface area contributed by atoms with Crippen LogP contribution in [0.2, 0.25) is 0 Å². The van der Waals surface area contributed by atoms with Crippen molar-refractivity contribution >= 4 is 11.3 Å². The highest BCUT2D eigenvalue weighted by molar-refractivity contribution is 7.07. The molecule has 0 aromatic carbocycles. The van der Waals surface area contributed by atoms with Crippen molar-refractivity contribution < 1.29 is 4.74 Å². The summed E-state index contributed by atoms with van der Waals surface area (Å²) in [7, 11) is 0. The van der Waals surface area contributed by atoms with Crippen LogP contribution in [0.5, 0.6) is 0 Å². The van der Waals surface area contributed by atoms with Gasteiger partial charge in [0.25, 0.3) is 0 Å². The van der Waals surface area contributed by atoms with E-state index in [2.05, 4.69) is 29.1 Å². The Morgan fingerprint density at radius 2 is 2.32 bits per heavy atom. The molecule has 2 heterocycles. The summed E-state index contributed by atoms with van der Waals surface area (Å²) in [4.78, 5) is 0. The molecule has 3 heteroatoms. The first kappa shape index (κ1) is 13.6. The third-order valence-corrected chi connectivity index (χ3v) is 5.55. The first-order valence-corrected chi connectivity index (χ1v) is 8.67. The van der Waals surface area contributed by atoms with Gasteiger partial charge in [0.15, 0.2) is 0 Å². The summed E-state index contributed by atoms with van der Waals surface area (Å²) in [6, 6.07) is 2.81. The lowest BCUT2D eigenvalue weighted by Gasteiger charge is -2.41. The lowest BCUT2D eigenvalue weighted by atomic mass is 9.79. The van der Waals surface area contributed by atoms with Crippen molar-refractivity contribution in [2.24, 2.45) is 5.92 Å². The Balaban J connectivity index is 1.74. The third-order valence-electron chi connectivity index (χ3n) is 4.84. The molecule has 1 aliphatic heterocycles. The fourth-order valence-corrected chi connectivity index (χ4v) is 4.64. The van der Waals surface area contributed by atoms with Gasteiger partial charge in [-0.05, 0) is 60.5 Å². The molecule has 0 radical (unpaired) electrons. The van der Waals surface area contributed by atoms with E-state index >= 15 is 0 Å². The molecule has 1 saturated heterocycles. The number of nitrogens with one attached hydrogen (secondary N) is 1. The van der Waals surface area contributed by atoms with Gasteiger partial charge in [-0.2, -0.15) is 11.3 Å². The third kappa shape index (κ3) is 2.88. The maximum atomic E-state index is 6.18. The van der Waals surface area contributed by atoms with Crippen molar-refractivity contribution in [1.29, 1.82) is 0 Å². The van der Waals surface area contributed by atoms with Crippen LogP contribution in [0.1, 0.15) is 57.1 Å². The SMILES string of the molecule is CCNC(c1ccsc1)C1CCOC2(CCCC2)C1. The Morgan fingerprint density at radius 1 is 1.47 bits per heavy atom. The molecular weight excluding hydrogens is 254 g/mol. The number of hydrogen-bond acceptors (Lipinski definition) is 3. The average molecular weight is 279 g/mol. The molecule has 0 bridgehead atoms. The smallest absolute Gasteiger partial charge is 0.0686 e. The molecule has 2 fully saturated rings. The van der Waals surface area contributed by atoms with Crippen molar-refractivity contribution in [1.82, 2.24) is 5.32 Å². The molecule has 1 N–H and O–H groups in total. The fourth-order valence-electron chi connectivity index (χ4n) is 3.95. The Morgan fingerprint density at radius 3 is 3.00 bits per heavy atom. The molecule has 1 aliphatic carbocycles. The Bertz CT molecular complexity index is 383. The van der Waals surface area contributed by atoms with Crippen LogP contribution in [-0.2, 0) is 4.74 Å². The predicted molar refractivity (Wildman–Crippen MR) is 80.6 cm³/mol. The van der Waals surface area contributed by atoms with Crippen LogP contribution in [-0.4, -0.2) is 18.8 Å². The van der Waals surface area contributed by atoms with Crippen molar-refractivity contribution in [2.75, 3.05) is 13.2 Å². The number of ether oxygens (including phenoxy) is 1. The number of thiophene rings is 1. The van der Waals surface area contributed by atoms with Crippen LogP contribution in [0.25, 0.3) is 0 Å². The van der Waals surface area contributed by atoms with E-state index in [1.165, 1.54) is 44.1 Å². The summed E-state index contributed by atoms with van der Waals surface area (Å²) in [6.07, 6.45) is 7.74. The highest BCUT2D eigenvalue weighted by Gasteiger charge is 2.42. The van der Waals surface area contributed by atoms with Gasteiger partial charge in [-0.1, -0.05) is 19.8 Å². The van der Waals surface area contributed by atoms with E-state index in [0.717, 1.165) is 19.1 Å². The Labute approximate surface area is 120 Å². The van der Waals surface area contributed by atoms with Crippen LogP contribution in [0.15, 0.2) is 16.8 Å². The highest BCUT2D eigenvalue weighted by atomic mass is 32.1. The van der Waals surface area contributed by atoms with E-state index in [1.807, 2.05) is 11.3 Å². The monoisotopic (exact) mass is 279 g/mol. The van der Waals surface area contributed by atoms with Gasteiger partial charge < -0.3 is 10.1 Å². The van der Waals surface area contributed by atoms with Gasteiger partial charge in [0, 0.05) is 12.6 Å². The first-order valence-electron chi connectivity index (χ1n) is 7.72. The fraction of sp³-hybridized carbons (Fsp3) is 0.750. The zero-order chi connectivity index (χ0) is 13.1. The van der Waals surface area contributed by atoms with Gasteiger partial charge in [-0.3, -0.25) is 0 Å². The van der Waals surface area contributed by atoms with Crippen LogP contribution in [0.4, 0.5) is 0 Å². The lowest BCUT2D eigenvalue weighted by Crippen LogP contribution is -2.41. The molecule has 2 atom stereocenters. The largest absolute Gasteiger partial charge is 0.375 e. The summed E-state index contributed by atoms with van der Waals surface area (Å²) in [6.45, 7) is 4.21. The molecule has 2 aliphatic rings. The predicted octanol–water partition coefficient (Wildman–Crippen LogP) is 4.14. The van der Waals surface area contributed by atoms with Gasteiger partial charge >= 0.3 is 0 Å². The molecular formula is C16H25NOS. The minimum atomic E-state index is 0.229. The summed E-state index contributed by atoms with van der Waals surface area (Å²) in [5.41, 5.74) is 1.71. The van der Waals surface area contributed by atoms with Crippen LogP contribution < -0.4 is 5.32 Å². The minimum Gasteiger partial charge on any atom is -0.375 e. The summed E-state index contributed by atoms with van der Waals surface area (Å²) < 4.78 is 6.18. The maximum absolute atomic E-state index is 6.18. The lowest BCUT2D eigenvalue weighted by molar-refractivity contribution is -0.0981. The summed E-state index contributed by atoms with van der Waals surface area (Å²) in [5.74, 6) is 0.737. The summed E-state index contributed by atoms with van der Waals surface area (Å²) >= 11 is 1.81. The maximum Gasteiger partial charge on any atom is 0.0686 e. The molecule has 19 heavy (non-hydrogen) atoms. The average Bonchev–Trinajstić information content (AvgIpc) is 3.08. The Kier molecular flexibility index (Phi) is 4.25. The van der Waals surface area contributed by atoms with Gasteiger partial charge in [0.05, 0.1) is 5.60 Å². The summed E-state index contributed by atoms with van der Waals surface area (Å²) in [5, 5.41) is 8.22. The molecule has 3 rings (SSSR count). The molecule has 1 saturated carbocycles. The number of hydrogen-bond donors (Lipinski definition) is 1. The van der Waals surface area contributed by atoms with E-state index in [-0.39, 0.29) is 5.60 Å². The van der Waals surface area contributed by atoms with E-state index in [9.17, 15) is 0 Å². The standard InChI is InChI=1S/C16H25NOS/c1-2-17-15(14-6-10-19-12-14)13-5-9-18-16(11-13)7-3-4-8-16/h6,10,12-13,15,17H,2-5,7-9,11H2,1H3. The minimum absolute atomic E-state index is 0.229. The van der Waals surface area contributed by atoms with Crippen molar-refractivity contribution in [3.63, 3.8) is 0 Å². The van der Waals surface area contributed by atoms with Crippen molar-refractivity contribution in [2.45, 2.75) is 57.1 Å². The molecule has 1 aromatic heterocycles. The second kappa shape index (κ2) is 5.94. The molecule has 106 valence electrons. The second-order valence-corrected chi connectivity index (χ2v) is 6.86. The quantitative estimate of drug-likeness (QED) is 0.894. The van der Waals surface area contributed by atoms with E-state index in [0.29, 0.717) is 6.04 Å². The van der Waals surface area contributed by atoms with Gasteiger partial charge in [0.2, 0.25) is 0 Å². The van der Waals surface area contributed by atoms with Gasteiger partial charge in [0.1, 0.15) is 0 Å². The van der Waals surface area contributed by atoms with Crippen LogP contribution >= 0.6 is 11.3 Å². The van der Waals surface area contributed by atoms with Gasteiger partial charge in [-0.25, -0.2) is 0 Å². The molecule has 2 unspecified atom stereocenters. The van der Waals surface area contributed by atoms with E-state index < -0.39 is 0 Å². The normalized spacial score (nSPS) is 27.7. The first-order chi connectivity index (χ1) is 9.33. The van der Waals surface area contributed by atoms with Crippen molar-refractivity contribution in [3.05, 3.63) is 22.4 Å². The second-order valence-electron chi connectivity index (χ2n) is 6.08. The van der Waals surface area contributed by atoms with Crippen LogP contribution in [0.3, 0.4) is 0 Å². The zero-order valence-electron chi connectivity index (χ0n) is 11.9. The highest BCUT2D eigenvalue weighted by Crippen LogP contribution is 2.45. The van der Waals surface area contributed by atoms with Gasteiger partial charge in [-0.15, -0.1) is 0 Å². The Hall–Kier alpha value is -0.380. The van der Waals surface area contributed by atoms with Crippen LogP contribution in [0, 0.1) is 5.92 Å². The molecule has 1 spiro atoms. The zero-order valence-corrected chi connectivity index (χ0v) is 12.7. The van der Waals surface area contributed by atoms with E-state index in [1.54, 1.807) is 0 Å². The van der Waals surface area contributed by atoms with E-state index in [4.69, 9.17) is 4.74 Å².